The fourth-order valence-corrected chi connectivity index (χ4v) is 2.37. The van der Waals surface area contributed by atoms with Crippen molar-refractivity contribution in [1.29, 1.82) is 0 Å². The molecule has 1 atom stereocenters. The number of hydrogen-bond donors (Lipinski definition) is 1. The van der Waals surface area contributed by atoms with Crippen LogP contribution in [0.25, 0.3) is 0 Å². The molecule has 0 aromatic heterocycles. The molecular weight excluding hydrogens is 248 g/mol. The van der Waals surface area contributed by atoms with Crippen molar-refractivity contribution in [2.24, 2.45) is 17.6 Å². The number of unbranched alkanes of at least 4 members (excludes halogenated alkanes) is 1. The Bertz CT molecular complexity index is 389. The van der Waals surface area contributed by atoms with Gasteiger partial charge in [-0.05, 0) is 30.7 Å². The fraction of sp³-hybridized carbons (Fsp3) is 0.588. The zero-order valence-electron chi connectivity index (χ0n) is 13.0. The molecule has 3 nitrogen and oxygen atoms in total. The Morgan fingerprint density at radius 1 is 1.20 bits per heavy atom. The van der Waals surface area contributed by atoms with Gasteiger partial charge >= 0.3 is 0 Å². The molecular formula is C17H28N2O. The largest absolute Gasteiger partial charge is 0.345 e. The first kappa shape index (κ1) is 16.7. The summed E-state index contributed by atoms with van der Waals surface area (Å²) < 4.78 is 0. The molecule has 0 saturated heterocycles. The van der Waals surface area contributed by atoms with Gasteiger partial charge < -0.3 is 10.6 Å². The van der Waals surface area contributed by atoms with Gasteiger partial charge in [0.05, 0.1) is 5.92 Å². The summed E-state index contributed by atoms with van der Waals surface area (Å²) >= 11 is 0. The first-order chi connectivity index (χ1) is 9.56. The predicted molar refractivity (Wildman–Crippen MR) is 84.4 cm³/mol. The molecule has 1 rings (SSSR count). The van der Waals surface area contributed by atoms with E-state index in [0.717, 1.165) is 25.8 Å². The number of hydrogen-bond acceptors (Lipinski definition) is 2. The summed E-state index contributed by atoms with van der Waals surface area (Å²) in [4.78, 5) is 14.1. The van der Waals surface area contributed by atoms with Crippen molar-refractivity contribution >= 4 is 5.91 Å². The molecule has 112 valence electrons. The number of carbonyl (C=O) groups is 1. The van der Waals surface area contributed by atoms with Crippen LogP contribution in [-0.2, 0) is 11.2 Å². The van der Waals surface area contributed by atoms with E-state index in [2.05, 4.69) is 38.1 Å². The summed E-state index contributed by atoms with van der Waals surface area (Å²) in [5.41, 5.74) is 7.06. The monoisotopic (exact) mass is 276 g/mol. The number of nitrogens with zero attached hydrogens (tertiary/aromatic N) is 1. The van der Waals surface area contributed by atoms with E-state index in [4.69, 9.17) is 5.73 Å². The number of carbonyl (C=O) groups excluding carboxylic acids is 1. The molecule has 0 bridgehead atoms. The Morgan fingerprint density at radius 3 is 2.40 bits per heavy atom. The molecule has 0 fully saturated rings. The van der Waals surface area contributed by atoms with Crippen LogP contribution in [-0.4, -0.2) is 30.9 Å². The summed E-state index contributed by atoms with van der Waals surface area (Å²) in [6, 6.07) is 10.5. The normalized spacial score (nSPS) is 12.4. The molecule has 1 aromatic carbocycles. The summed E-state index contributed by atoms with van der Waals surface area (Å²) in [6.45, 7) is 5.36. The van der Waals surface area contributed by atoms with Crippen LogP contribution in [0.3, 0.4) is 0 Å². The Kier molecular flexibility index (Phi) is 7.31. The highest BCUT2D eigenvalue weighted by Crippen LogP contribution is 2.13. The highest BCUT2D eigenvalue weighted by atomic mass is 16.2. The Morgan fingerprint density at radius 2 is 1.85 bits per heavy atom. The molecule has 0 aliphatic carbocycles. The maximum absolute atomic E-state index is 12.2. The van der Waals surface area contributed by atoms with Crippen molar-refractivity contribution in [3.05, 3.63) is 35.9 Å². The van der Waals surface area contributed by atoms with E-state index in [9.17, 15) is 4.79 Å². The van der Waals surface area contributed by atoms with Crippen LogP contribution in [0.5, 0.6) is 0 Å². The number of aryl methyl sites for hydroxylation is 1. The smallest absolute Gasteiger partial charge is 0.226 e. The van der Waals surface area contributed by atoms with Gasteiger partial charge in [-0.3, -0.25) is 4.79 Å². The maximum atomic E-state index is 12.2. The van der Waals surface area contributed by atoms with Crippen molar-refractivity contribution in [2.75, 3.05) is 20.1 Å². The van der Waals surface area contributed by atoms with Gasteiger partial charge in [0.15, 0.2) is 0 Å². The van der Waals surface area contributed by atoms with Crippen LogP contribution in [0.2, 0.25) is 0 Å². The van der Waals surface area contributed by atoms with E-state index >= 15 is 0 Å². The molecule has 1 aromatic rings. The number of rotatable bonds is 8. The summed E-state index contributed by atoms with van der Waals surface area (Å²) in [5.74, 6) is 0.440. The third kappa shape index (κ3) is 5.33. The van der Waals surface area contributed by atoms with Gasteiger partial charge in [-0.25, -0.2) is 0 Å². The molecule has 0 spiro atoms. The second-order valence-electron chi connectivity index (χ2n) is 5.79. The van der Waals surface area contributed by atoms with Crippen LogP contribution in [0.1, 0.15) is 32.3 Å². The summed E-state index contributed by atoms with van der Waals surface area (Å²) in [6.07, 6.45) is 3.22. The van der Waals surface area contributed by atoms with E-state index < -0.39 is 0 Å². The van der Waals surface area contributed by atoms with Gasteiger partial charge in [-0.15, -0.1) is 0 Å². The molecule has 0 aliphatic rings. The molecule has 0 radical (unpaired) electrons. The highest BCUT2D eigenvalue weighted by molar-refractivity contribution is 5.79. The number of nitrogens with two attached hydrogens (primary N) is 1. The summed E-state index contributed by atoms with van der Waals surface area (Å²) in [7, 11) is 1.88. The van der Waals surface area contributed by atoms with E-state index in [1.165, 1.54) is 5.56 Å². The second-order valence-corrected chi connectivity index (χ2v) is 5.79. The van der Waals surface area contributed by atoms with E-state index in [-0.39, 0.29) is 11.8 Å². The highest BCUT2D eigenvalue weighted by Gasteiger charge is 2.23. The van der Waals surface area contributed by atoms with Crippen LogP contribution >= 0.6 is 0 Å². The molecule has 0 saturated carbocycles. The van der Waals surface area contributed by atoms with Gasteiger partial charge in [-0.1, -0.05) is 44.2 Å². The van der Waals surface area contributed by atoms with Crippen molar-refractivity contribution in [3.63, 3.8) is 0 Å². The maximum Gasteiger partial charge on any atom is 0.226 e. The standard InChI is InChI=1S/C17H28N2O/c1-14(2)16(13-18)17(20)19(3)12-8-7-11-15-9-5-4-6-10-15/h4-6,9-10,14,16H,7-8,11-13,18H2,1-3H3. The molecule has 1 amide bonds. The quantitative estimate of drug-likeness (QED) is 0.742. The lowest BCUT2D eigenvalue weighted by Crippen LogP contribution is -2.39. The minimum Gasteiger partial charge on any atom is -0.345 e. The molecule has 20 heavy (non-hydrogen) atoms. The molecule has 1 unspecified atom stereocenters. The van der Waals surface area contributed by atoms with Crippen molar-refractivity contribution in [3.8, 4) is 0 Å². The first-order valence-corrected chi connectivity index (χ1v) is 7.55. The SMILES string of the molecule is CC(C)C(CN)C(=O)N(C)CCCCc1ccccc1. The van der Waals surface area contributed by atoms with Gasteiger partial charge in [0.1, 0.15) is 0 Å². The third-order valence-electron chi connectivity index (χ3n) is 3.80. The van der Waals surface area contributed by atoms with Crippen molar-refractivity contribution in [1.82, 2.24) is 4.90 Å². The van der Waals surface area contributed by atoms with Crippen LogP contribution in [0, 0.1) is 11.8 Å². The lowest BCUT2D eigenvalue weighted by molar-refractivity contribution is -0.135. The van der Waals surface area contributed by atoms with Crippen molar-refractivity contribution < 1.29 is 4.79 Å². The lowest BCUT2D eigenvalue weighted by atomic mass is 9.94. The first-order valence-electron chi connectivity index (χ1n) is 7.55. The van der Waals surface area contributed by atoms with E-state index in [1.54, 1.807) is 0 Å². The topological polar surface area (TPSA) is 46.3 Å². The average Bonchev–Trinajstić information content (AvgIpc) is 2.44. The Hall–Kier alpha value is -1.35. The van der Waals surface area contributed by atoms with Gasteiger partial charge in [0.25, 0.3) is 0 Å². The van der Waals surface area contributed by atoms with Crippen LogP contribution < -0.4 is 5.73 Å². The lowest BCUT2D eigenvalue weighted by Gasteiger charge is -2.25. The Labute approximate surface area is 123 Å². The van der Waals surface area contributed by atoms with E-state index in [1.807, 2.05) is 18.0 Å². The zero-order chi connectivity index (χ0) is 15.0. The minimum atomic E-state index is -0.0471. The second kappa shape index (κ2) is 8.75. The van der Waals surface area contributed by atoms with E-state index in [0.29, 0.717) is 12.5 Å². The van der Waals surface area contributed by atoms with Crippen molar-refractivity contribution in [2.45, 2.75) is 33.1 Å². The van der Waals surface area contributed by atoms with Gasteiger partial charge in [0.2, 0.25) is 5.91 Å². The third-order valence-corrected chi connectivity index (χ3v) is 3.80. The van der Waals surface area contributed by atoms with Gasteiger partial charge in [0, 0.05) is 20.1 Å². The molecule has 2 N–H and O–H groups in total. The molecule has 3 heteroatoms. The number of benzene rings is 1. The summed E-state index contributed by atoms with van der Waals surface area (Å²) in [5, 5.41) is 0. The Balaban J connectivity index is 2.29. The van der Waals surface area contributed by atoms with Gasteiger partial charge in [-0.2, -0.15) is 0 Å². The fourth-order valence-electron chi connectivity index (χ4n) is 2.37. The zero-order valence-corrected chi connectivity index (χ0v) is 13.0. The average molecular weight is 276 g/mol. The van der Waals surface area contributed by atoms with Crippen LogP contribution in [0.4, 0.5) is 0 Å². The minimum absolute atomic E-state index is 0.0471. The predicted octanol–water partition coefficient (Wildman–Crippen LogP) is 2.70. The number of amides is 1. The molecule has 0 aliphatic heterocycles. The molecule has 0 heterocycles. The van der Waals surface area contributed by atoms with Crippen LogP contribution in [0.15, 0.2) is 30.3 Å².